The molecule has 0 spiro atoms. The standard InChI is InChI=1S/C13H23N3O3/c1-2-19-13(18)16-8-6-11(7-9-16)15-12(17)14-10-4-3-5-10/h10-11H,2-9H2,1H3,(H2,14,15,17). The molecule has 2 N–H and O–H groups in total. The first-order valence-corrected chi connectivity index (χ1v) is 7.17. The minimum Gasteiger partial charge on any atom is -0.450 e. The predicted octanol–water partition coefficient (Wildman–Crippen LogP) is 1.46. The summed E-state index contributed by atoms with van der Waals surface area (Å²) in [5.74, 6) is 0. The van der Waals surface area contributed by atoms with E-state index in [1.807, 2.05) is 0 Å². The largest absolute Gasteiger partial charge is 0.450 e. The van der Waals surface area contributed by atoms with Crippen LogP contribution in [0.4, 0.5) is 9.59 Å². The van der Waals surface area contributed by atoms with Gasteiger partial charge in [0.15, 0.2) is 0 Å². The summed E-state index contributed by atoms with van der Waals surface area (Å²) in [5.41, 5.74) is 0. The summed E-state index contributed by atoms with van der Waals surface area (Å²) >= 11 is 0. The van der Waals surface area contributed by atoms with Crippen molar-refractivity contribution in [3.8, 4) is 0 Å². The summed E-state index contributed by atoms with van der Waals surface area (Å²) in [6.07, 6.45) is 4.72. The van der Waals surface area contributed by atoms with Gasteiger partial charge in [-0.25, -0.2) is 9.59 Å². The molecular weight excluding hydrogens is 246 g/mol. The Morgan fingerprint density at radius 3 is 2.16 bits per heavy atom. The second kappa shape index (κ2) is 6.63. The van der Waals surface area contributed by atoms with Crippen LogP contribution in [0.1, 0.15) is 39.0 Å². The van der Waals surface area contributed by atoms with E-state index in [1.54, 1.807) is 11.8 Å². The Bertz CT molecular complexity index is 323. The Balaban J connectivity index is 1.65. The summed E-state index contributed by atoms with van der Waals surface area (Å²) in [5, 5.41) is 5.94. The molecule has 1 aliphatic heterocycles. The summed E-state index contributed by atoms with van der Waals surface area (Å²) in [6.45, 7) is 3.50. The van der Waals surface area contributed by atoms with Crippen LogP contribution >= 0.6 is 0 Å². The first-order valence-electron chi connectivity index (χ1n) is 7.17. The van der Waals surface area contributed by atoms with Gasteiger partial charge in [-0.05, 0) is 39.0 Å². The molecule has 0 radical (unpaired) electrons. The van der Waals surface area contributed by atoms with E-state index in [2.05, 4.69) is 10.6 Å². The lowest BCUT2D eigenvalue weighted by molar-refractivity contribution is 0.0956. The quantitative estimate of drug-likeness (QED) is 0.815. The van der Waals surface area contributed by atoms with Crippen molar-refractivity contribution in [1.29, 1.82) is 0 Å². The molecule has 2 rings (SSSR count). The Morgan fingerprint density at radius 1 is 1.11 bits per heavy atom. The van der Waals surface area contributed by atoms with Crippen molar-refractivity contribution in [3.63, 3.8) is 0 Å². The van der Waals surface area contributed by atoms with E-state index >= 15 is 0 Å². The second-order valence-corrected chi connectivity index (χ2v) is 5.21. The number of urea groups is 1. The Kier molecular flexibility index (Phi) is 4.87. The fourth-order valence-electron chi connectivity index (χ4n) is 2.39. The third-order valence-electron chi connectivity index (χ3n) is 3.80. The molecule has 0 bridgehead atoms. The third kappa shape index (κ3) is 4.01. The SMILES string of the molecule is CCOC(=O)N1CCC(NC(=O)NC2CCC2)CC1. The molecular formula is C13H23N3O3. The molecule has 108 valence electrons. The molecule has 6 heteroatoms. The van der Waals surface area contributed by atoms with Gasteiger partial charge in [0, 0.05) is 25.2 Å². The van der Waals surface area contributed by atoms with Gasteiger partial charge in [-0.3, -0.25) is 0 Å². The molecule has 0 aromatic carbocycles. The number of piperidine rings is 1. The number of rotatable bonds is 3. The van der Waals surface area contributed by atoms with Crippen LogP contribution in [0.3, 0.4) is 0 Å². The molecule has 1 heterocycles. The first kappa shape index (κ1) is 14.0. The smallest absolute Gasteiger partial charge is 0.409 e. The van der Waals surface area contributed by atoms with E-state index in [1.165, 1.54) is 6.42 Å². The first-order chi connectivity index (χ1) is 9.19. The molecule has 0 aromatic heterocycles. The van der Waals surface area contributed by atoms with Gasteiger partial charge in [0.1, 0.15) is 0 Å². The fourth-order valence-corrected chi connectivity index (χ4v) is 2.39. The van der Waals surface area contributed by atoms with Crippen LogP contribution in [0.5, 0.6) is 0 Å². The molecule has 0 atom stereocenters. The number of carbonyl (C=O) groups excluding carboxylic acids is 2. The third-order valence-corrected chi connectivity index (χ3v) is 3.80. The molecule has 19 heavy (non-hydrogen) atoms. The lowest BCUT2D eigenvalue weighted by Gasteiger charge is -2.33. The van der Waals surface area contributed by atoms with Gasteiger partial charge in [-0.15, -0.1) is 0 Å². The number of hydrogen-bond acceptors (Lipinski definition) is 3. The van der Waals surface area contributed by atoms with E-state index in [4.69, 9.17) is 4.74 Å². The van der Waals surface area contributed by atoms with Gasteiger partial charge in [0.2, 0.25) is 0 Å². The fraction of sp³-hybridized carbons (Fsp3) is 0.846. The lowest BCUT2D eigenvalue weighted by Crippen LogP contribution is -2.52. The van der Waals surface area contributed by atoms with E-state index in [0.29, 0.717) is 25.7 Å². The minimum atomic E-state index is -0.250. The number of hydrogen-bond donors (Lipinski definition) is 2. The molecule has 1 saturated heterocycles. The number of amides is 3. The molecule has 3 amide bonds. The zero-order valence-corrected chi connectivity index (χ0v) is 11.5. The van der Waals surface area contributed by atoms with Gasteiger partial charge >= 0.3 is 12.1 Å². The number of likely N-dealkylation sites (tertiary alicyclic amines) is 1. The van der Waals surface area contributed by atoms with Crippen LogP contribution in [0.25, 0.3) is 0 Å². The van der Waals surface area contributed by atoms with Crippen LogP contribution in [-0.4, -0.2) is 48.8 Å². The molecule has 1 aliphatic carbocycles. The Morgan fingerprint density at radius 2 is 1.68 bits per heavy atom. The second-order valence-electron chi connectivity index (χ2n) is 5.21. The van der Waals surface area contributed by atoms with E-state index in [0.717, 1.165) is 25.7 Å². The van der Waals surface area contributed by atoms with Crippen LogP contribution in [-0.2, 0) is 4.74 Å². The molecule has 2 fully saturated rings. The molecule has 6 nitrogen and oxygen atoms in total. The highest BCUT2D eigenvalue weighted by molar-refractivity contribution is 5.74. The highest BCUT2D eigenvalue weighted by Gasteiger charge is 2.25. The molecule has 0 aromatic rings. The van der Waals surface area contributed by atoms with Crippen molar-refractivity contribution in [1.82, 2.24) is 15.5 Å². The van der Waals surface area contributed by atoms with Gasteiger partial charge in [-0.1, -0.05) is 0 Å². The summed E-state index contributed by atoms with van der Waals surface area (Å²) in [4.78, 5) is 24.9. The van der Waals surface area contributed by atoms with Crippen molar-refractivity contribution in [2.45, 2.75) is 51.1 Å². The van der Waals surface area contributed by atoms with E-state index in [-0.39, 0.29) is 18.2 Å². The molecule has 2 aliphatic rings. The van der Waals surface area contributed by atoms with E-state index in [9.17, 15) is 9.59 Å². The topological polar surface area (TPSA) is 70.7 Å². The number of nitrogens with one attached hydrogen (secondary N) is 2. The average molecular weight is 269 g/mol. The lowest BCUT2D eigenvalue weighted by atomic mass is 9.93. The van der Waals surface area contributed by atoms with Crippen LogP contribution in [0, 0.1) is 0 Å². The summed E-state index contributed by atoms with van der Waals surface area (Å²) < 4.78 is 4.96. The zero-order chi connectivity index (χ0) is 13.7. The normalized spacial score (nSPS) is 20.6. The average Bonchev–Trinajstić information content (AvgIpc) is 2.35. The van der Waals surface area contributed by atoms with Gasteiger partial charge in [0.25, 0.3) is 0 Å². The van der Waals surface area contributed by atoms with Crippen molar-refractivity contribution in [2.75, 3.05) is 19.7 Å². The minimum absolute atomic E-state index is 0.0701. The maximum absolute atomic E-state index is 11.7. The van der Waals surface area contributed by atoms with Crippen LogP contribution < -0.4 is 10.6 Å². The van der Waals surface area contributed by atoms with Crippen LogP contribution in [0.2, 0.25) is 0 Å². The van der Waals surface area contributed by atoms with Gasteiger partial charge in [0.05, 0.1) is 6.61 Å². The van der Waals surface area contributed by atoms with Crippen molar-refractivity contribution >= 4 is 12.1 Å². The Hall–Kier alpha value is -1.46. The van der Waals surface area contributed by atoms with Gasteiger partial charge < -0.3 is 20.3 Å². The molecule has 0 unspecified atom stereocenters. The van der Waals surface area contributed by atoms with Crippen molar-refractivity contribution in [2.24, 2.45) is 0 Å². The highest BCUT2D eigenvalue weighted by atomic mass is 16.6. The monoisotopic (exact) mass is 269 g/mol. The molecule has 1 saturated carbocycles. The van der Waals surface area contributed by atoms with Crippen molar-refractivity contribution in [3.05, 3.63) is 0 Å². The summed E-state index contributed by atoms with van der Waals surface area (Å²) in [6, 6.07) is 0.449. The predicted molar refractivity (Wildman–Crippen MR) is 70.9 cm³/mol. The van der Waals surface area contributed by atoms with E-state index < -0.39 is 0 Å². The highest BCUT2D eigenvalue weighted by Crippen LogP contribution is 2.18. The van der Waals surface area contributed by atoms with Crippen molar-refractivity contribution < 1.29 is 14.3 Å². The number of ether oxygens (including phenoxy) is 1. The summed E-state index contributed by atoms with van der Waals surface area (Å²) in [7, 11) is 0. The number of nitrogens with zero attached hydrogens (tertiary/aromatic N) is 1. The van der Waals surface area contributed by atoms with Crippen LogP contribution in [0.15, 0.2) is 0 Å². The zero-order valence-electron chi connectivity index (χ0n) is 11.5. The Labute approximate surface area is 113 Å². The maximum atomic E-state index is 11.7. The maximum Gasteiger partial charge on any atom is 0.409 e. The number of carbonyl (C=O) groups is 2. The van der Waals surface area contributed by atoms with Gasteiger partial charge in [-0.2, -0.15) is 0 Å².